The van der Waals surface area contributed by atoms with E-state index in [9.17, 15) is 8.42 Å². The Balaban J connectivity index is 2.50. The number of hydrogen-bond donors (Lipinski definition) is 2. The second-order valence-electron chi connectivity index (χ2n) is 3.95. The van der Waals surface area contributed by atoms with Crippen molar-refractivity contribution in [2.24, 2.45) is 0 Å². The highest BCUT2D eigenvalue weighted by atomic mass is 79.9. The Morgan fingerprint density at radius 2 is 1.85 bits per heavy atom. The molecule has 0 heterocycles. The van der Waals surface area contributed by atoms with Gasteiger partial charge in [0.1, 0.15) is 0 Å². The van der Waals surface area contributed by atoms with Crippen LogP contribution in [0.4, 0.5) is 5.69 Å². The molecule has 20 heavy (non-hydrogen) atoms. The quantitative estimate of drug-likeness (QED) is 0.808. The topological polar surface area (TPSA) is 72.2 Å². The molecule has 4 nitrogen and oxygen atoms in total. The number of halogens is 1. The van der Waals surface area contributed by atoms with Crippen molar-refractivity contribution in [3.63, 3.8) is 0 Å². The molecule has 0 radical (unpaired) electrons. The summed E-state index contributed by atoms with van der Waals surface area (Å²) < 4.78 is 27.3. The minimum atomic E-state index is -3.55. The van der Waals surface area contributed by atoms with Crippen LogP contribution in [0.5, 0.6) is 0 Å². The Hall–Kier alpha value is -1.02. The Bertz CT molecular complexity index is 733. The summed E-state index contributed by atoms with van der Waals surface area (Å²) >= 11 is 4.82. The van der Waals surface area contributed by atoms with Crippen LogP contribution >= 0.6 is 27.7 Å². The zero-order valence-electron chi connectivity index (χ0n) is 10.6. The average Bonchev–Trinajstić information content (AvgIpc) is 2.43. The molecule has 2 aromatic carbocycles. The number of nitrogen functional groups attached to an aromatic ring is 1. The van der Waals surface area contributed by atoms with E-state index in [0.29, 0.717) is 10.6 Å². The monoisotopic (exact) mass is 372 g/mol. The van der Waals surface area contributed by atoms with Gasteiger partial charge in [0.05, 0.1) is 4.90 Å². The van der Waals surface area contributed by atoms with E-state index in [-0.39, 0.29) is 4.90 Å². The van der Waals surface area contributed by atoms with Crippen LogP contribution < -0.4 is 10.5 Å². The second kappa shape index (κ2) is 6.17. The van der Waals surface area contributed by atoms with Gasteiger partial charge < -0.3 is 5.73 Å². The van der Waals surface area contributed by atoms with E-state index in [0.717, 1.165) is 9.37 Å². The lowest BCUT2D eigenvalue weighted by atomic mass is 10.3. The number of rotatable bonds is 4. The van der Waals surface area contributed by atoms with E-state index in [1.807, 2.05) is 24.3 Å². The zero-order valence-corrected chi connectivity index (χ0v) is 13.8. The Morgan fingerprint density at radius 1 is 1.15 bits per heavy atom. The fourth-order valence-electron chi connectivity index (χ4n) is 1.57. The first-order valence-electron chi connectivity index (χ1n) is 5.69. The molecule has 7 heteroatoms. The van der Waals surface area contributed by atoms with Crippen molar-refractivity contribution >= 4 is 43.4 Å². The molecule has 0 atom stereocenters. The van der Waals surface area contributed by atoms with Gasteiger partial charge in [-0.2, -0.15) is 0 Å². The SMILES string of the molecule is CNS(=O)(=O)c1cc(N)ccc1Sc1ccccc1Br. The number of nitrogens with one attached hydrogen (secondary N) is 1. The van der Waals surface area contributed by atoms with Gasteiger partial charge >= 0.3 is 0 Å². The predicted molar refractivity (Wildman–Crippen MR) is 85.4 cm³/mol. The Labute approximate surface area is 130 Å². The molecule has 0 saturated heterocycles. The molecular weight excluding hydrogens is 360 g/mol. The van der Waals surface area contributed by atoms with Crippen LogP contribution in [-0.2, 0) is 10.0 Å². The molecule has 0 unspecified atom stereocenters. The number of hydrogen-bond acceptors (Lipinski definition) is 4. The zero-order chi connectivity index (χ0) is 14.8. The van der Waals surface area contributed by atoms with Gasteiger partial charge in [-0.15, -0.1) is 0 Å². The number of nitrogens with two attached hydrogens (primary N) is 1. The summed E-state index contributed by atoms with van der Waals surface area (Å²) in [6.07, 6.45) is 0. The van der Waals surface area contributed by atoms with Crippen molar-refractivity contribution < 1.29 is 8.42 Å². The molecule has 0 fully saturated rings. The van der Waals surface area contributed by atoms with E-state index in [1.165, 1.54) is 24.9 Å². The van der Waals surface area contributed by atoms with Gasteiger partial charge in [0.25, 0.3) is 0 Å². The van der Waals surface area contributed by atoms with Crippen molar-refractivity contribution in [1.29, 1.82) is 0 Å². The van der Waals surface area contributed by atoms with E-state index >= 15 is 0 Å². The molecule has 0 aromatic heterocycles. The lowest BCUT2D eigenvalue weighted by molar-refractivity contribution is 0.586. The number of sulfonamides is 1. The van der Waals surface area contributed by atoms with Crippen LogP contribution in [0.15, 0.2) is 61.6 Å². The standard InChI is InChI=1S/C13H13BrN2O2S2/c1-16-20(17,18)13-8-9(15)6-7-12(13)19-11-5-3-2-4-10(11)14/h2-8,16H,15H2,1H3. The molecule has 0 aliphatic carbocycles. The van der Waals surface area contributed by atoms with Crippen LogP contribution in [0.3, 0.4) is 0 Å². The number of benzene rings is 2. The molecule has 106 valence electrons. The van der Waals surface area contributed by atoms with Gasteiger partial charge in [-0.3, -0.25) is 0 Å². The molecule has 0 spiro atoms. The minimum absolute atomic E-state index is 0.181. The van der Waals surface area contributed by atoms with Crippen molar-refractivity contribution in [2.45, 2.75) is 14.7 Å². The molecule has 0 aliphatic heterocycles. The first kappa shape index (κ1) is 15.4. The first-order chi connectivity index (χ1) is 9.44. The third-order valence-electron chi connectivity index (χ3n) is 2.58. The normalized spacial score (nSPS) is 11.5. The summed E-state index contributed by atoms with van der Waals surface area (Å²) in [4.78, 5) is 1.74. The van der Waals surface area contributed by atoms with Crippen molar-refractivity contribution in [1.82, 2.24) is 4.72 Å². The maximum atomic E-state index is 12.1. The van der Waals surface area contributed by atoms with Crippen molar-refractivity contribution in [3.05, 3.63) is 46.9 Å². The predicted octanol–water partition coefficient (Wildman–Crippen LogP) is 3.09. The lowest BCUT2D eigenvalue weighted by Gasteiger charge is -2.11. The lowest BCUT2D eigenvalue weighted by Crippen LogP contribution is -2.19. The highest BCUT2D eigenvalue weighted by Crippen LogP contribution is 2.37. The van der Waals surface area contributed by atoms with Crippen LogP contribution in [0.2, 0.25) is 0 Å². The molecule has 0 saturated carbocycles. The summed E-state index contributed by atoms with van der Waals surface area (Å²) in [5.41, 5.74) is 6.10. The van der Waals surface area contributed by atoms with Gasteiger partial charge in [-0.1, -0.05) is 23.9 Å². The van der Waals surface area contributed by atoms with E-state index in [1.54, 1.807) is 12.1 Å². The fraction of sp³-hybridized carbons (Fsp3) is 0.0769. The van der Waals surface area contributed by atoms with Gasteiger partial charge in [0.2, 0.25) is 10.0 Å². The summed E-state index contributed by atoms with van der Waals surface area (Å²) in [5, 5.41) is 0. The largest absolute Gasteiger partial charge is 0.399 e. The molecule has 2 rings (SSSR count). The summed E-state index contributed by atoms with van der Waals surface area (Å²) in [5.74, 6) is 0. The van der Waals surface area contributed by atoms with E-state index < -0.39 is 10.0 Å². The third-order valence-corrected chi connectivity index (χ3v) is 6.27. The molecule has 2 aromatic rings. The molecular formula is C13H13BrN2O2S2. The minimum Gasteiger partial charge on any atom is -0.399 e. The highest BCUT2D eigenvalue weighted by Gasteiger charge is 2.18. The van der Waals surface area contributed by atoms with Crippen LogP contribution in [0.25, 0.3) is 0 Å². The van der Waals surface area contributed by atoms with Crippen LogP contribution in [0.1, 0.15) is 0 Å². The van der Waals surface area contributed by atoms with Crippen molar-refractivity contribution in [3.8, 4) is 0 Å². The van der Waals surface area contributed by atoms with Crippen molar-refractivity contribution in [2.75, 3.05) is 12.8 Å². The maximum absolute atomic E-state index is 12.1. The number of anilines is 1. The maximum Gasteiger partial charge on any atom is 0.241 e. The van der Waals surface area contributed by atoms with Gasteiger partial charge in [0, 0.05) is 20.0 Å². The highest BCUT2D eigenvalue weighted by molar-refractivity contribution is 9.10. The third kappa shape index (κ3) is 3.35. The van der Waals surface area contributed by atoms with Gasteiger partial charge in [-0.25, -0.2) is 13.1 Å². The molecule has 0 bridgehead atoms. The van der Waals surface area contributed by atoms with Crippen LogP contribution in [0, 0.1) is 0 Å². The smallest absolute Gasteiger partial charge is 0.241 e. The fourth-order valence-corrected chi connectivity index (χ4v) is 4.25. The summed E-state index contributed by atoms with van der Waals surface area (Å²) in [6, 6.07) is 12.5. The van der Waals surface area contributed by atoms with E-state index in [4.69, 9.17) is 5.73 Å². The van der Waals surface area contributed by atoms with E-state index in [2.05, 4.69) is 20.7 Å². The Kier molecular flexibility index (Phi) is 4.74. The summed E-state index contributed by atoms with van der Waals surface area (Å²) in [6.45, 7) is 0. The molecule has 0 amide bonds. The first-order valence-corrected chi connectivity index (χ1v) is 8.79. The van der Waals surface area contributed by atoms with Gasteiger partial charge in [-0.05, 0) is 53.3 Å². The molecule has 3 N–H and O–H groups in total. The summed E-state index contributed by atoms with van der Waals surface area (Å²) in [7, 11) is -2.17. The van der Waals surface area contributed by atoms with Gasteiger partial charge in [0.15, 0.2) is 0 Å². The average molecular weight is 373 g/mol. The molecule has 0 aliphatic rings. The second-order valence-corrected chi connectivity index (χ2v) is 7.74. The van der Waals surface area contributed by atoms with Crippen LogP contribution in [-0.4, -0.2) is 15.5 Å². The Morgan fingerprint density at radius 3 is 2.50 bits per heavy atom.